The topological polar surface area (TPSA) is 58.6 Å². The zero-order valence-electron chi connectivity index (χ0n) is 14.0. The highest BCUT2D eigenvalue weighted by Crippen LogP contribution is 2.27. The van der Waals surface area contributed by atoms with Gasteiger partial charge < -0.3 is 9.64 Å². The average Bonchev–Trinajstić information content (AvgIpc) is 3.01. The van der Waals surface area contributed by atoms with Gasteiger partial charge in [-0.05, 0) is 69.5 Å². The van der Waals surface area contributed by atoms with Crippen LogP contribution in [0.5, 0.6) is 0 Å². The number of fused-ring (bicyclic) bond motifs is 1. The lowest BCUT2D eigenvalue weighted by Crippen LogP contribution is -2.55. The lowest BCUT2D eigenvalue weighted by atomic mass is 9.89. The highest BCUT2D eigenvalue weighted by Gasteiger charge is 2.36. The summed E-state index contributed by atoms with van der Waals surface area (Å²) >= 11 is 0. The molecule has 1 aliphatic carbocycles. The average molecular weight is 338 g/mol. The van der Waals surface area contributed by atoms with E-state index >= 15 is 0 Å². The molecule has 3 rings (SSSR count). The van der Waals surface area contributed by atoms with Gasteiger partial charge in [0, 0.05) is 25.3 Å². The molecule has 128 valence electrons. The molecule has 1 N–H and O–H groups in total. The summed E-state index contributed by atoms with van der Waals surface area (Å²) in [7, 11) is 0.548. The maximum absolute atomic E-state index is 12.7. The normalized spacial score (nSPS) is 20.7. The fraction of sp³-hybridized carbons (Fsp3) is 0.647. The first-order valence-electron chi connectivity index (χ1n) is 8.30. The fourth-order valence-electron chi connectivity index (χ4n) is 3.56. The number of sulfonamides is 1. The van der Waals surface area contributed by atoms with Gasteiger partial charge in [-0.25, -0.2) is 13.1 Å². The number of rotatable bonds is 5. The lowest BCUT2D eigenvalue weighted by Gasteiger charge is -2.42. The summed E-state index contributed by atoms with van der Waals surface area (Å²) < 4.78 is 33.6. The second-order valence-corrected chi connectivity index (χ2v) is 8.61. The molecule has 1 heterocycles. The summed E-state index contributed by atoms with van der Waals surface area (Å²) in [5.74, 6) is 0. The number of benzene rings is 1. The van der Waals surface area contributed by atoms with Crippen LogP contribution in [0.15, 0.2) is 23.1 Å². The van der Waals surface area contributed by atoms with Crippen LogP contribution < -0.4 is 4.72 Å². The smallest absolute Gasteiger partial charge is 0.240 e. The van der Waals surface area contributed by atoms with Crippen LogP contribution in [-0.4, -0.2) is 52.7 Å². The zero-order chi connectivity index (χ0) is 16.5. The summed E-state index contributed by atoms with van der Waals surface area (Å²) in [5, 5.41) is 0. The molecule has 1 aliphatic heterocycles. The van der Waals surface area contributed by atoms with Gasteiger partial charge in [0.05, 0.1) is 4.90 Å². The highest BCUT2D eigenvalue weighted by atomic mass is 32.2. The van der Waals surface area contributed by atoms with Gasteiger partial charge in [0.2, 0.25) is 10.0 Å². The molecule has 5 nitrogen and oxygen atoms in total. The molecule has 1 aromatic rings. The van der Waals surface area contributed by atoms with E-state index in [1.54, 1.807) is 6.07 Å². The van der Waals surface area contributed by atoms with E-state index in [0.717, 1.165) is 32.1 Å². The Morgan fingerprint density at radius 1 is 1.17 bits per heavy atom. The Labute approximate surface area is 139 Å². The molecule has 6 heteroatoms. The minimum absolute atomic E-state index is 0.165. The van der Waals surface area contributed by atoms with Crippen LogP contribution in [-0.2, 0) is 27.6 Å². The van der Waals surface area contributed by atoms with Crippen LogP contribution >= 0.6 is 0 Å². The molecule has 0 radical (unpaired) electrons. The van der Waals surface area contributed by atoms with Crippen molar-refractivity contribution in [2.24, 2.45) is 0 Å². The molecule has 2 aliphatic rings. The van der Waals surface area contributed by atoms with Gasteiger partial charge in [-0.15, -0.1) is 0 Å². The van der Waals surface area contributed by atoms with Crippen molar-refractivity contribution >= 4 is 10.0 Å². The number of aryl methyl sites for hydroxylation is 2. The van der Waals surface area contributed by atoms with Crippen LogP contribution in [0.3, 0.4) is 0 Å². The summed E-state index contributed by atoms with van der Waals surface area (Å²) in [6.07, 6.45) is 4.85. The molecule has 1 saturated heterocycles. The number of nitrogens with zero attached hydrogens (tertiary/aromatic N) is 1. The van der Waals surface area contributed by atoms with Gasteiger partial charge in [-0.3, -0.25) is 0 Å². The monoisotopic (exact) mass is 338 g/mol. The third-order valence-corrected chi connectivity index (χ3v) is 6.74. The van der Waals surface area contributed by atoms with Crippen molar-refractivity contribution < 1.29 is 13.2 Å². The van der Waals surface area contributed by atoms with Crippen molar-refractivity contribution in [1.82, 2.24) is 9.62 Å². The van der Waals surface area contributed by atoms with Crippen LogP contribution in [0.4, 0.5) is 0 Å². The van der Waals surface area contributed by atoms with Gasteiger partial charge in [0.1, 0.15) is 0 Å². The number of hydrogen-bond acceptors (Lipinski definition) is 4. The second kappa shape index (κ2) is 6.51. The minimum atomic E-state index is -3.47. The van der Waals surface area contributed by atoms with Crippen LogP contribution in [0.1, 0.15) is 30.4 Å². The maximum Gasteiger partial charge on any atom is 0.240 e. The third-order valence-electron chi connectivity index (χ3n) is 5.34. The molecule has 23 heavy (non-hydrogen) atoms. The first-order valence-corrected chi connectivity index (χ1v) is 9.78. The molecule has 0 atom stereocenters. The maximum atomic E-state index is 12.7. The molecule has 0 unspecified atom stereocenters. The predicted molar refractivity (Wildman–Crippen MR) is 90.1 cm³/mol. The Morgan fingerprint density at radius 3 is 2.57 bits per heavy atom. The van der Waals surface area contributed by atoms with Crippen molar-refractivity contribution in [2.45, 2.75) is 42.5 Å². The molecule has 0 spiro atoms. The molecular weight excluding hydrogens is 312 g/mol. The van der Waals surface area contributed by atoms with Crippen LogP contribution in [0.2, 0.25) is 0 Å². The van der Waals surface area contributed by atoms with Gasteiger partial charge in [0.15, 0.2) is 0 Å². The second-order valence-electron chi connectivity index (χ2n) is 6.84. The summed E-state index contributed by atoms with van der Waals surface area (Å²) in [4.78, 5) is 2.51. The first-order chi connectivity index (χ1) is 10.9. The van der Waals surface area contributed by atoms with Crippen molar-refractivity contribution in [1.29, 1.82) is 0 Å². The summed E-state index contributed by atoms with van der Waals surface area (Å²) in [5.41, 5.74) is 2.31. The first kappa shape index (κ1) is 16.9. The third kappa shape index (κ3) is 3.45. The molecular formula is C17H26N2O3S. The fourth-order valence-corrected chi connectivity index (χ4v) is 4.73. The molecule has 0 amide bonds. The largest absolute Gasteiger partial charge is 0.381 e. The van der Waals surface area contributed by atoms with Crippen molar-refractivity contribution in [3.63, 3.8) is 0 Å². The van der Waals surface area contributed by atoms with Gasteiger partial charge in [0.25, 0.3) is 0 Å². The zero-order valence-corrected chi connectivity index (χ0v) is 14.8. The van der Waals surface area contributed by atoms with Crippen molar-refractivity contribution in [2.75, 3.05) is 33.9 Å². The Balaban J connectivity index is 1.75. The molecule has 0 saturated carbocycles. The van der Waals surface area contributed by atoms with E-state index in [4.69, 9.17) is 4.74 Å². The number of nitrogens with one attached hydrogen (secondary N) is 1. The quantitative estimate of drug-likeness (QED) is 0.885. The molecule has 0 bridgehead atoms. The predicted octanol–water partition coefficient (Wildman–Crippen LogP) is 1.56. The van der Waals surface area contributed by atoms with E-state index in [-0.39, 0.29) is 5.54 Å². The van der Waals surface area contributed by atoms with Crippen LogP contribution in [0, 0.1) is 0 Å². The summed E-state index contributed by atoms with van der Waals surface area (Å²) in [6.45, 7) is 1.78. The van der Waals surface area contributed by atoms with Gasteiger partial charge in [-0.2, -0.15) is 0 Å². The number of likely N-dealkylation sites (N-methyl/N-ethyl adjacent to an activating group) is 1. The Bertz CT molecular complexity index is 664. The van der Waals surface area contributed by atoms with E-state index in [1.807, 2.05) is 26.2 Å². The van der Waals surface area contributed by atoms with E-state index in [0.29, 0.717) is 24.7 Å². The minimum Gasteiger partial charge on any atom is -0.381 e. The molecule has 1 fully saturated rings. The number of ether oxygens (including phenoxy) is 1. The molecule has 1 aromatic carbocycles. The van der Waals surface area contributed by atoms with Crippen molar-refractivity contribution in [3.05, 3.63) is 29.3 Å². The van der Waals surface area contributed by atoms with Gasteiger partial charge in [-0.1, -0.05) is 6.07 Å². The van der Waals surface area contributed by atoms with E-state index in [9.17, 15) is 8.42 Å². The van der Waals surface area contributed by atoms with Crippen LogP contribution in [0.25, 0.3) is 0 Å². The van der Waals surface area contributed by atoms with Gasteiger partial charge >= 0.3 is 0 Å². The van der Waals surface area contributed by atoms with E-state index < -0.39 is 10.0 Å². The number of hydrogen-bond donors (Lipinski definition) is 1. The Kier molecular flexibility index (Phi) is 4.78. The Morgan fingerprint density at radius 2 is 1.87 bits per heavy atom. The lowest BCUT2D eigenvalue weighted by molar-refractivity contribution is -0.00453. The van der Waals surface area contributed by atoms with E-state index in [1.165, 1.54) is 11.1 Å². The Hall–Kier alpha value is -0.950. The highest BCUT2D eigenvalue weighted by molar-refractivity contribution is 7.89. The van der Waals surface area contributed by atoms with E-state index in [2.05, 4.69) is 9.62 Å². The SMILES string of the molecule is CN(C)C1(CNS(=O)(=O)c2ccc3c(c2)CCC3)CCOCC1. The van der Waals surface area contributed by atoms with Crippen molar-refractivity contribution in [3.8, 4) is 0 Å². The standard InChI is InChI=1S/C17H26N2O3S/c1-19(2)17(8-10-22-11-9-17)13-18-23(20,21)16-7-6-14-4-3-5-15(14)12-16/h6-7,12,18H,3-5,8-11,13H2,1-2H3. The summed E-state index contributed by atoms with van der Waals surface area (Å²) in [6, 6.07) is 5.54. The molecule has 0 aromatic heterocycles.